The van der Waals surface area contributed by atoms with Gasteiger partial charge in [0, 0.05) is 18.2 Å². The molecule has 0 aliphatic heterocycles. The first kappa shape index (κ1) is 9.02. The van der Waals surface area contributed by atoms with E-state index < -0.39 is 17.7 Å². The highest BCUT2D eigenvalue weighted by molar-refractivity contribution is 5.19. The van der Waals surface area contributed by atoms with E-state index in [-0.39, 0.29) is 12.1 Å². The molecule has 0 saturated heterocycles. The Bertz CT molecular complexity index is 257. The highest BCUT2D eigenvalue weighted by Gasteiger charge is 2.14. The van der Waals surface area contributed by atoms with Gasteiger partial charge in [-0.1, -0.05) is 0 Å². The molecule has 0 saturated carbocycles. The Kier molecular flexibility index (Phi) is 2.67. The van der Waals surface area contributed by atoms with Crippen LogP contribution < -0.4 is 11.5 Å². The van der Waals surface area contributed by atoms with Gasteiger partial charge < -0.3 is 11.5 Å². The molecular weight excluding hydrogens is 164 g/mol. The molecule has 0 fully saturated rings. The highest BCUT2D eigenvalue weighted by atomic mass is 19.1. The third-order valence-corrected chi connectivity index (χ3v) is 1.52. The predicted molar refractivity (Wildman–Crippen MR) is 40.1 cm³/mol. The molecule has 0 aliphatic rings. The molecule has 0 unspecified atom stereocenters. The number of nitrogens with zero attached hydrogens (tertiary/aromatic N) is 1. The minimum atomic E-state index is -0.812. The zero-order chi connectivity index (χ0) is 9.14. The van der Waals surface area contributed by atoms with E-state index in [0.29, 0.717) is 0 Å². The Labute approximate surface area is 68.4 Å². The standard InChI is InChI=1S/C7H9F2N3/c8-4-2-12-3-5(9)7(4)6(11)1-10/h2-3,6H,1,10-11H2/t6-/m0/s1. The van der Waals surface area contributed by atoms with Gasteiger partial charge in [-0.25, -0.2) is 8.78 Å². The maximum Gasteiger partial charge on any atom is 0.149 e. The Hall–Kier alpha value is -1.07. The van der Waals surface area contributed by atoms with Gasteiger partial charge in [0.15, 0.2) is 0 Å². The van der Waals surface area contributed by atoms with Crippen LogP contribution in [0.5, 0.6) is 0 Å². The van der Waals surface area contributed by atoms with E-state index in [2.05, 4.69) is 4.98 Å². The number of hydrogen-bond donors (Lipinski definition) is 2. The Morgan fingerprint density at radius 1 is 1.33 bits per heavy atom. The normalized spacial score (nSPS) is 13.0. The maximum atomic E-state index is 12.8. The number of nitrogens with two attached hydrogens (primary N) is 2. The second-order valence-corrected chi connectivity index (χ2v) is 2.36. The lowest BCUT2D eigenvalue weighted by Gasteiger charge is -2.09. The fourth-order valence-electron chi connectivity index (χ4n) is 0.893. The Balaban J connectivity index is 3.12. The summed E-state index contributed by atoms with van der Waals surface area (Å²) in [5.74, 6) is -1.51. The molecule has 1 heterocycles. The van der Waals surface area contributed by atoms with Crippen molar-refractivity contribution in [3.05, 3.63) is 29.6 Å². The van der Waals surface area contributed by atoms with Crippen LogP contribution >= 0.6 is 0 Å². The summed E-state index contributed by atoms with van der Waals surface area (Å²) in [4.78, 5) is 3.31. The molecule has 66 valence electrons. The predicted octanol–water partition coefficient (Wildman–Crippen LogP) is 0.318. The molecule has 1 atom stereocenters. The van der Waals surface area contributed by atoms with Crippen molar-refractivity contribution in [3.8, 4) is 0 Å². The molecule has 0 spiro atoms. The summed E-state index contributed by atoms with van der Waals surface area (Å²) in [5.41, 5.74) is 10.3. The average molecular weight is 173 g/mol. The van der Waals surface area contributed by atoms with Gasteiger partial charge in [0.2, 0.25) is 0 Å². The van der Waals surface area contributed by atoms with E-state index in [9.17, 15) is 8.78 Å². The summed E-state index contributed by atoms with van der Waals surface area (Å²) >= 11 is 0. The molecule has 1 aromatic rings. The van der Waals surface area contributed by atoms with Gasteiger partial charge in [-0.15, -0.1) is 0 Å². The summed E-state index contributed by atoms with van der Waals surface area (Å²) in [5, 5.41) is 0. The molecule has 5 heteroatoms. The largest absolute Gasteiger partial charge is 0.329 e. The minimum Gasteiger partial charge on any atom is -0.329 e. The van der Waals surface area contributed by atoms with E-state index in [4.69, 9.17) is 11.5 Å². The van der Waals surface area contributed by atoms with Crippen molar-refractivity contribution in [1.29, 1.82) is 0 Å². The monoisotopic (exact) mass is 173 g/mol. The lowest BCUT2D eigenvalue weighted by atomic mass is 10.1. The molecule has 3 nitrogen and oxygen atoms in total. The van der Waals surface area contributed by atoms with Crippen LogP contribution in [0.4, 0.5) is 8.78 Å². The summed E-state index contributed by atoms with van der Waals surface area (Å²) in [6, 6.07) is -0.812. The van der Waals surface area contributed by atoms with Crippen LogP contribution in [0.1, 0.15) is 11.6 Å². The molecule has 1 rings (SSSR count). The Morgan fingerprint density at radius 2 is 1.83 bits per heavy atom. The molecule has 4 N–H and O–H groups in total. The van der Waals surface area contributed by atoms with E-state index in [0.717, 1.165) is 12.4 Å². The minimum absolute atomic E-state index is 0.00213. The SMILES string of the molecule is NC[C@H](N)c1c(F)cncc1F. The topological polar surface area (TPSA) is 64.9 Å². The zero-order valence-corrected chi connectivity index (χ0v) is 6.30. The number of aromatic nitrogens is 1. The first-order chi connectivity index (χ1) is 5.66. The van der Waals surface area contributed by atoms with Crippen LogP contribution in [0.3, 0.4) is 0 Å². The fourth-order valence-corrected chi connectivity index (χ4v) is 0.893. The second-order valence-electron chi connectivity index (χ2n) is 2.36. The summed E-state index contributed by atoms with van der Waals surface area (Å²) in [6.45, 7) is -0.00213. The second kappa shape index (κ2) is 3.55. The van der Waals surface area contributed by atoms with E-state index in [1.165, 1.54) is 0 Å². The van der Waals surface area contributed by atoms with Crippen LogP contribution in [-0.4, -0.2) is 11.5 Å². The number of hydrogen-bond acceptors (Lipinski definition) is 3. The van der Waals surface area contributed by atoms with Gasteiger partial charge in [-0.3, -0.25) is 4.98 Å². The van der Waals surface area contributed by atoms with Crippen molar-refractivity contribution < 1.29 is 8.78 Å². The smallest absolute Gasteiger partial charge is 0.149 e. The van der Waals surface area contributed by atoms with Crippen LogP contribution in [0.25, 0.3) is 0 Å². The molecule has 1 aromatic heterocycles. The summed E-state index contributed by atoms with van der Waals surface area (Å²) in [6.07, 6.45) is 1.82. The molecule has 12 heavy (non-hydrogen) atoms. The molecule has 0 aliphatic carbocycles. The van der Waals surface area contributed by atoms with E-state index in [1.807, 2.05) is 0 Å². The number of halogens is 2. The third kappa shape index (κ3) is 1.57. The van der Waals surface area contributed by atoms with Gasteiger partial charge in [-0.05, 0) is 0 Å². The van der Waals surface area contributed by atoms with Gasteiger partial charge in [0.05, 0.1) is 12.4 Å². The van der Waals surface area contributed by atoms with Crippen LogP contribution in [-0.2, 0) is 0 Å². The van der Waals surface area contributed by atoms with Gasteiger partial charge in [0.25, 0.3) is 0 Å². The van der Waals surface area contributed by atoms with Gasteiger partial charge in [-0.2, -0.15) is 0 Å². The van der Waals surface area contributed by atoms with Crippen LogP contribution in [0, 0.1) is 11.6 Å². The van der Waals surface area contributed by atoms with Gasteiger partial charge in [0.1, 0.15) is 11.6 Å². The van der Waals surface area contributed by atoms with Crippen molar-refractivity contribution in [2.24, 2.45) is 11.5 Å². The number of pyridine rings is 1. The highest BCUT2D eigenvalue weighted by Crippen LogP contribution is 2.16. The molecule has 0 amide bonds. The van der Waals surface area contributed by atoms with Crippen molar-refractivity contribution in [1.82, 2.24) is 4.98 Å². The van der Waals surface area contributed by atoms with Crippen molar-refractivity contribution >= 4 is 0 Å². The molecular formula is C7H9F2N3. The lowest BCUT2D eigenvalue weighted by Crippen LogP contribution is -2.23. The summed E-state index contributed by atoms with van der Waals surface area (Å²) in [7, 11) is 0. The quantitative estimate of drug-likeness (QED) is 0.676. The van der Waals surface area contributed by atoms with Crippen LogP contribution in [0.2, 0.25) is 0 Å². The first-order valence-electron chi connectivity index (χ1n) is 3.41. The lowest BCUT2D eigenvalue weighted by molar-refractivity contribution is 0.520. The number of rotatable bonds is 2. The molecule has 0 aromatic carbocycles. The van der Waals surface area contributed by atoms with Crippen molar-refractivity contribution in [2.45, 2.75) is 6.04 Å². The first-order valence-corrected chi connectivity index (χ1v) is 3.41. The fraction of sp³-hybridized carbons (Fsp3) is 0.286. The third-order valence-electron chi connectivity index (χ3n) is 1.52. The maximum absolute atomic E-state index is 12.8. The van der Waals surface area contributed by atoms with E-state index in [1.54, 1.807) is 0 Å². The molecule has 0 bridgehead atoms. The van der Waals surface area contributed by atoms with Gasteiger partial charge >= 0.3 is 0 Å². The summed E-state index contributed by atoms with van der Waals surface area (Å²) < 4.78 is 25.7. The Morgan fingerprint density at radius 3 is 2.25 bits per heavy atom. The molecule has 0 radical (unpaired) electrons. The van der Waals surface area contributed by atoms with Crippen LogP contribution in [0.15, 0.2) is 12.4 Å². The van der Waals surface area contributed by atoms with E-state index >= 15 is 0 Å². The van der Waals surface area contributed by atoms with Crippen molar-refractivity contribution in [3.63, 3.8) is 0 Å². The zero-order valence-electron chi connectivity index (χ0n) is 6.30. The average Bonchev–Trinajstić information content (AvgIpc) is 2.03. The van der Waals surface area contributed by atoms with Crippen molar-refractivity contribution in [2.75, 3.05) is 6.54 Å².